The van der Waals surface area contributed by atoms with E-state index in [1.54, 1.807) is 20.0 Å². The zero-order chi connectivity index (χ0) is 13.5. The molecular formula is C15H16N2O2. The van der Waals surface area contributed by atoms with Gasteiger partial charge in [0.1, 0.15) is 11.4 Å². The van der Waals surface area contributed by atoms with E-state index in [1.165, 1.54) is 5.56 Å². The lowest BCUT2D eigenvalue weighted by atomic mass is 10.1. The summed E-state index contributed by atoms with van der Waals surface area (Å²) >= 11 is 0. The highest BCUT2D eigenvalue weighted by Gasteiger charge is 2.20. The molecule has 0 aliphatic carbocycles. The largest absolute Gasteiger partial charge is 0.493 e. The minimum absolute atomic E-state index is 0.432. The van der Waals surface area contributed by atoms with Crippen molar-refractivity contribution in [2.45, 2.75) is 25.9 Å². The van der Waals surface area contributed by atoms with Gasteiger partial charge in [-0.3, -0.25) is 0 Å². The predicted molar refractivity (Wildman–Crippen MR) is 71.9 cm³/mol. The van der Waals surface area contributed by atoms with Crippen molar-refractivity contribution < 1.29 is 9.84 Å². The zero-order valence-corrected chi connectivity index (χ0v) is 11.1. The molecule has 1 aliphatic heterocycles. The summed E-state index contributed by atoms with van der Waals surface area (Å²) in [5, 5.41) is 9.97. The molecule has 0 amide bonds. The first-order chi connectivity index (χ1) is 9.04. The average molecular weight is 256 g/mol. The Morgan fingerprint density at radius 2 is 2.11 bits per heavy atom. The van der Waals surface area contributed by atoms with Crippen LogP contribution in [0.4, 0.5) is 0 Å². The third kappa shape index (κ3) is 2.31. The minimum atomic E-state index is -1.03. The van der Waals surface area contributed by atoms with E-state index in [9.17, 15) is 5.11 Å². The molecule has 0 fully saturated rings. The van der Waals surface area contributed by atoms with Gasteiger partial charge >= 0.3 is 0 Å². The monoisotopic (exact) mass is 256 g/mol. The van der Waals surface area contributed by atoms with Crippen molar-refractivity contribution in [3.8, 4) is 17.0 Å². The molecule has 4 heteroatoms. The van der Waals surface area contributed by atoms with Gasteiger partial charge in [0.05, 0.1) is 12.3 Å². The van der Waals surface area contributed by atoms with E-state index in [2.05, 4.69) is 16.0 Å². The van der Waals surface area contributed by atoms with Gasteiger partial charge in [-0.25, -0.2) is 9.97 Å². The van der Waals surface area contributed by atoms with E-state index < -0.39 is 5.60 Å². The van der Waals surface area contributed by atoms with Gasteiger partial charge in [-0.2, -0.15) is 0 Å². The number of rotatable bonds is 2. The molecular weight excluding hydrogens is 240 g/mol. The summed E-state index contributed by atoms with van der Waals surface area (Å²) in [6.45, 7) is 4.11. The Morgan fingerprint density at radius 3 is 2.89 bits per heavy atom. The van der Waals surface area contributed by atoms with Gasteiger partial charge in [0, 0.05) is 18.2 Å². The molecule has 1 aromatic heterocycles. The highest BCUT2D eigenvalue weighted by molar-refractivity contribution is 5.62. The fraction of sp³-hybridized carbons (Fsp3) is 0.333. The molecule has 98 valence electrons. The predicted octanol–water partition coefficient (Wildman–Crippen LogP) is 2.31. The van der Waals surface area contributed by atoms with E-state index in [0.717, 1.165) is 30.0 Å². The Balaban J connectivity index is 2.03. The van der Waals surface area contributed by atoms with Gasteiger partial charge in [0.15, 0.2) is 5.82 Å². The Kier molecular flexibility index (Phi) is 2.75. The lowest BCUT2D eigenvalue weighted by Gasteiger charge is -2.15. The maximum Gasteiger partial charge on any atom is 0.159 e. The number of benzene rings is 1. The molecule has 4 nitrogen and oxygen atoms in total. The second kappa shape index (κ2) is 4.31. The van der Waals surface area contributed by atoms with Gasteiger partial charge in [-0.05, 0) is 43.7 Å². The number of ether oxygens (including phenoxy) is 1. The number of hydrogen-bond acceptors (Lipinski definition) is 4. The smallest absolute Gasteiger partial charge is 0.159 e. The lowest BCUT2D eigenvalue weighted by Crippen LogP contribution is -2.19. The Labute approximate surface area is 112 Å². The summed E-state index contributed by atoms with van der Waals surface area (Å²) in [6.07, 6.45) is 2.62. The maximum atomic E-state index is 9.97. The van der Waals surface area contributed by atoms with Crippen LogP contribution in [-0.2, 0) is 12.0 Å². The van der Waals surface area contributed by atoms with Crippen LogP contribution in [0.3, 0.4) is 0 Å². The molecule has 0 radical (unpaired) electrons. The fourth-order valence-electron chi connectivity index (χ4n) is 2.16. The normalized spacial score (nSPS) is 14.1. The van der Waals surface area contributed by atoms with Crippen LogP contribution in [0.15, 0.2) is 30.5 Å². The molecule has 2 aromatic rings. The van der Waals surface area contributed by atoms with E-state index in [1.807, 2.05) is 18.2 Å². The summed E-state index contributed by atoms with van der Waals surface area (Å²) in [6, 6.07) is 7.91. The molecule has 0 bridgehead atoms. The van der Waals surface area contributed by atoms with Crippen molar-refractivity contribution in [3.05, 3.63) is 41.9 Å². The Morgan fingerprint density at radius 1 is 1.26 bits per heavy atom. The maximum absolute atomic E-state index is 9.97. The summed E-state index contributed by atoms with van der Waals surface area (Å²) in [5.74, 6) is 1.39. The summed E-state index contributed by atoms with van der Waals surface area (Å²) in [7, 11) is 0. The van der Waals surface area contributed by atoms with Gasteiger partial charge in [-0.1, -0.05) is 0 Å². The van der Waals surface area contributed by atoms with Crippen LogP contribution in [-0.4, -0.2) is 21.7 Å². The lowest BCUT2D eigenvalue weighted by molar-refractivity contribution is 0.0688. The standard InChI is InChI=1S/C15H16N2O2/c1-15(2,18)14-16-7-5-12(17-14)10-3-4-13-11(9-10)6-8-19-13/h3-5,7,9,18H,6,8H2,1-2H3. The highest BCUT2D eigenvalue weighted by Crippen LogP contribution is 2.30. The molecule has 0 unspecified atom stereocenters. The van der Waals surface area contributed by atoms with E-state index in [4.69, 9.17) is 4.74 Å². The number of hydrogen-bond donors (Lipinski definition) is 1. The second-order valence-electron chi connectivity index (χ2n) is 5.25. The summed E-state index contributed by atoms with van der Waals surface area (Å²) in [5.41, 5.74) is 2.02. The minimum Gasteiger partial charge on any atom is -0.493 e. The molecule has 19 heavy (non-hydrogen) atoms. The molecule has 1 aromatic carbocycles. The first kappa shape index (κ1) is 12.1. The first-order valence-corrected chi connectivity index (χ1v) is 6.36. The van der Waals surface area contributed by atoms with Crippen LogP contribution in [0, 0.1) is 0 Å². The van der Waals surface area contributed by atoms with Crippen molar-refractivity contribution in [2.75, 3.05) is 6.61 Å². The van der Waals surface area contributed by atoms with Crippen LogP contribution >= 0.6 is 0 Å². The van der Waals surface area contributed by atoms with Gasteiger partial charge in [-0.15, -0.1) is 0 Å². The Hall–Kier alpha value is -1.94. The molecule has 0 saturated heterocycles. The van der Waals surface area contributed by atoms with E-state index in [-0.39, 0.29) is 0 Å². The van der Waals surface area contributed by atoms with Crippen molar-refractivity contribution in [1.29, 1.82) is 0 Å². The molecule has 0 spiro atoms. The molecule has 1 N–H and O–H groups in total. The SMILES string of the molecule is CC(C)(O)c1nccc(-c2ccc3c(c2)CCO3)n1. The topological polar surface area (TPSA) is 55.2 Å². The van der Waals surface area contributed by atoms with Crippen LogP contribution in [0.1, 0.15) is 25.2 Å². The number of aliphatic hydroxyl groups is 1. The Bertz CT molecular complexity index is 618. The van der Waals surface area contributed by atoms with Crippen LogP contribution in [0.2, 0.25) is 0 Å². The van der Waals surface area contributed by atoms with E-state index in [0.29, 0.717) is 5.82 Å². The van der Waals surface area contributed by atoms with E-state index >= 15 is 0 Å². The number of aromatic nitrogens is 2. The van der Waals surface area contributed by atoms with Gasteiger partial charge in [0.2, 0.25) is 0 Å². The van der Waals surface area contributed by atoms with Crippen molar-refractivity contribution in [2.24, 2.45) is 0 Å². The fourth-order valence-corrected chi connectivity index (χ4v) is 2.16. The second-order valence-corrected chi connectivity index (χ2v) is 5.25. The molecule has 0 atom stereocenters. The van der Waals surface area contributed by atoms with Gasteiger partial charge in [0.25, 0.3) is 0 Å². The highest BCUT2D eigenvalue weighted by atomic mass is 16.5. The van der Waals surface area contributed by atoms with Crippen LogP contribution < -0.4 is 4.74 Å². The average Bonchev–Trinajstić information content (AvgIpc) is 2.85. The molecule has 1 aliphatic rings. The van der Waals surface area contributed by atoms with Crippen molar-refractivity contribution >= 4 is 0 Å². The van der Waals surface area contributed by atoms with Crippen LogP contribution in [0.5, 0.6) is 5.75 Å². The van der Waals surface area contributed by atoms with Crippen molar-refractivity contribution in [3.63, 3.8) is 0 Å². The van der Waals surface area contributed by atoms with Crippen molar-refractivity contribution in [1.82, 2.24) is 9.97 Å². The van der Waals surface area contributed by atoms with Gasteiger partial charge < -0.3 is 9.84 Å². The first-order valence-electron chi connectivity index (χ1n) is 6.36. The molecule has 3 rings (SSSR count). The molecule has 2 heterocycles. The number of nitrogens with zero attached hydrogens (tertiary/aromatic N) is 2. The third-order valence-corrected chi connectivity index (χ3v) is 3.19. The van der Waals surface area contributed by atoms with Crippen LogP contribution in [0.25, 0.3) is 11.3 Å². The number of fused-ring (bicyclic) bond motifs is 1. The summed E-state index contributed by atoms with van der Waals surface area (Å²) < 4.78 is 5.49. The summed E-state index contributed by atoms with van der Waals surface area (Å²) in [4.78, 5) is 8.56. The third-order valence-electron chi connectivity index (χ3n) is 3.19. The molecule has 0 saturated carbocycles. The zero-order valence-electron chi connectivity index (χ0n) is 11.1. The quantitative estimate of drug-likeness (QED) is 0.895.